The summed E-state index contributed by atoms with van der Waals surface area (Å²) in [6.07, 6.45) is -7.07. The lowest BCUT2D eigenvalue weighted by Gasteiger charge is -2.11. The van der Waals surface area contributed by atoms with Gasteiger partial charge in [0.2, 0.25) is 12.4 Å². The second kappa shape index (κ2) is 11.0. The molecule has 4 nitrogen and oxygen atoms in total. The Morgan fingerprint density at radius 3 is 1.62 bits per heavy atom. The highest BCUT2D eigenvalue weighted by Crippen LogP contribution is 2.39. The third-order valence-corrected chi connectivity index (χ3v) is 8.27. The van der Waals surface area contributed by atoms with Gasteiger partial charge in [-0.25, -0.2) is 17.6 Å². The number of hydrogen-bond donors (Lipinski definition) is 0. The molecule has 0 atom stereocenters. The largest absolute Gasteiger partial charge is 0.419 e. The van der Waals surface area contributed by atoms with E-state index in [0.717, 1.165) is 0 Å². The third kappa shape index (κ3) is 4.94. The van der Waals surface area contributed by atoms with Gasteiger partial charge in [0.1, 0.15) is 0 Å². The van der Waals surface area contributed by atoms with E-state index in [1.807, 2.05) is 0 Å². The zero-order valence-electron chi connectivity index (χ0n) is 24.3. The van der Waals surface area contributed by atoms with Crippen LogP contribution in [0.4, 0.5) is 43.9 Å². The van der Waals surface area contributed by atoms with Crippen molar-refractivity contribution in [3.8, 4) is 34.6 Å². The van der Waals surface area contributed by atoms with Crippen LogP contribution in [0.5, 0.6) is 0 Å². The molecule has 0 aliphatic heterocycles. The van der Waals surface area contributed by atoms with E-state index in [0.29, 0.717) is 56.6 Å². The van der Waals surface area contributed by atoms with Crippen molar-refractivity contribution in [1.29, 1.82) is 10.5 Å². The molecular weight excluding hydrogens is 678 g/mol. The predicted molar refractivity (Wildman–Crippen MR) is 160 cm³/mol. The van der Waals surface area contributed by atoms with Crippen LogP contribution in [0.15, 0.2) is 70.6 Å². The van der Waals surface area contributed by atoms with Crippen molar-refractivity contribution in [2.75, 3.05) is 0 Å². The SMILES string of the molecule is N#CN=c1c2cc(-c3cc(F)c(F)c(C(F)(F)F)c3)c#cc2c2cc3c(cc12)c(=NC#N)c1cc(-c2cc(F)c(F)c(C(F)(F)F)c2)ccc13. The fraction of sp³-hybridized carbons (Fsp3) is 0.0556. The summed E-state index contributed by atoms with van der Waals surface area (Å²) in [6.45, 7) is 0. The first-order valence-corrected chi connectivity index (χ1v) is 14.0. The van der Waals surface area contributed by atoms with Gasteiger partial charge in [-0.1, -0.05) is 24.3 Å². The van der Waals surface area contributed by atoms with Crippen molar-refractivity contribution in [2.45, 2.75) is 12.4 Å². The molecule has 7 aromatic rings. The lowest BCUT2D eigenvalue weighted by molar-refractivity contribution is -0.141. The van der Waals surface area contributed by atoms with Crippen LogP contribution in [-0.2, 0) is 12.4 Å². The first-order chi connectivity index (χ1) is 23.6. The molecule has 7 rings (SSSR count). The number of rotatable bonds is 2. The highest BCUT2D eigenvalue weighted by Gasteiger charge is 2.37. The maximum Gasteiger partial charge on any atom is 0.419 e. The molecule has 244 valence electrons. The Morgan fingerprint density at radius 2 is 1.02 bits per heavy atom. The van der Waals surface area contributed by atoms with Gasteiger partial charge in [0, 0.05) is 37.9 Å². The minimum Gasteiger partial charge on any atom is -0.204 e. The Balaban J connectivity index is 1.49. The fourth-order valence-corrected chi connectivity index (χ4v) is 6.12. The van der Waals surface area contributed by atoms with Crippen LogP contribution in [-0.4, -0.2) is 0 Å². The van der Waals surface area contributed by atoms with Crippen molar-refractivity contribution in [2.24, 2.45) is 9.98 Å². The van der Waals surface area contributed by atoms with Gasteiger partial charge in [-0.15, -0.1) is 0 Å². The lowest BCUT2D eigenvalue weighted by atomic mass is 9.99. The Hall–Kier alpha value is -6.46. The molecule has 0 N–H and O–H groups in total. The Bertz CT molecular complexity index is 2620. The number of benzene rings is 4. The molecule has 0 spiro atoms. The van der Waals surface area contributed by atoms with E-state index in [1.54, 1.807) is 18.5 Å². The van der Waals surface area contributed by atoms with Gasteiger partial charge >= 0.3 is 12.4 Å². The van der Waals surface area contributed by atoms with Gasteiger partial charge in [0.25, 0.3) is 0 Å². The number of hydrogen-bond acceptors (Lipinski definition) is 4. The molecule has 0 radical (unpaired) electrons. The minimum absolute atomic E-state index is 0.0276. The summed E-state index contributed by atoms with van der Waals surface area (Å²) in [5.74, 6) is -7.59. The van der Waals surface area contributed by atoms with Crippen LogP contribution in [0.1, 0.15) is 11.1 Å². The van der Waals surface area contributed by atoms with Gasteiger partial charge < -0.3 is 0 Å². The molecule has 0 aromatic heterocycles. The summed E-state index contributed by atoms with van der Waals surface area (Å²) in [4.78, 5) is 7.79. The summed E-state index contributed by atoms with van der Waals surface area (Å²) in [5, 5.41) is 21.9. The molecule has 0 saturated heterocycles. The van der Waals surface area contributed by atoms with Gasteiger partial charge in [-0.2, -0.15) is 46.9 Å². The molecule has 0 amide bonds. The second-order valence-electron chi connectivity index (χ2n) is 11.1. The Kier molecular flexibility index (Phi) is 7.09. The van der Waals surface area contributed by atoms with Crippen LogP contribution in [0, 0.1) is 58.3 Å². The molecule has 50 heavy (non-hydrogen) atoms. The molecule has 7 aromatic carbocycles. The van der Waals surface area contributed by atoms with Crippen molar-refractivity contribution < 1.29 is 43.9 Å². The van der Waals surface area contributed by atoms with E-state index in [2.05, 4.69) is 22.1 Å². The van der Waals surface area contributed by atoms with E-state index in [-0.39, 0.29) is 43.7 Å². The van der Waals surface area contributed by atoms with Crippen molar-refractivity contribution in [1.82, 2.24) is 0 Å². The number of fused-ring (bicyclic) bond motifs is 6. The standard InChI is InChI=1S/C36H10F10N4/c37-29-9-17(7-27(31(29)39)35(41,42)43)15-1-3-19-21-11-22-20-4-2-16(18-8-28(36(44,45)46)32(40)30(38)10-18)6-24(20)34(50-14-48)26(22)12-25(21)33(49-13-47)23(19)5-15/h1,3,5-12H. The van der Waals surface area contributed by atoms with E-state index >= 15 is 0 Å². The molecule has 0 heterocycles. The molecule has 0 aliphatic carbocycles. The topological polar surface area (TPSA) is 72.3 Å². The third-order valence-electron chi connectivity index (χ3n) is 8.27. The van der Waals surface area contributed by atoms with E-state index in [1.165, 1.54) is 30.3 Å². The van der Waals surface area contributed by atoms with Crippen molar-refractivity contribution >= 4 is 43.1 Å². The molecule has 0 aliphatic rings. The first-order valence-electron chi connectivity index (χ1n) is 14.0. The summed E-state index contributed by atoms with van der Waals surface area (Å²) >= 11 is 0. The van der Waals surface area contributed by atoms with Crippen LogP contribution < -0.4 is 10.7 Å². The van der Waals surface area contributed by atoms with Crippen molar-refractivity contribution in [3.63, 3.8) is 0 Å². The molecule has 0 saturated carbocycles. The Morgan fingerprint density at radius 1 is 0.500 bits per heavy atom. The fourth-order valence-electron chi connectivity index (χ4n) is 6.12. The van der Waals surface area contributed by atoms with Crippen LogP contribution in [0.25, 0.3) is 65.3 Å². The smallest absolute Gasteiger partial charge is 0.204 e. The number of halogens is 10. The average Bonchev–Trinajstić information content (AvgIpc) is 3.52. The highest BCUT2D eigenvalue weighted by atomic mass is 19.4. The summed E-state index contributed by atoms with van der Waals surface area (Å²) < 4.78 is 137. The van der Waals surface area contributed by atoms with Gasteiger partial charge in [0.05, 0.1) is 21.8 Å². The lowest BCUT2D eigenvalue weighted by Crippen LogP contribution is -2.10. The van der Waals surface area contributed by atoms with E-state index < -0.39 is 46.7 Å². The zero-order chi connectivity index (χ0) is 35.9. The summed E-state index contributed by atoms with van der Waals surface area (Å²) in [6, 6.07) is 16.2. The number of nitrogens with zero attached hydrogens (tertiary/aromatic N) is 4. The number of nitriles is 2. The minimum atomic E-state index is -5.20. The normalized spacial score (nSPS) is 13.0. The van der Waals surface area contributed by atoms with Crippen LogP contribution in [0.3, 0.4) is 0 Å². The van der Waals surface area contributed by atoms with Crippen LogP contribution >= 0.6 is 0 Å². The highest BCUT2D eigenvalue weighted by molar-refractivity contribution is 6.21. The van der Waals surface area contributed by atoms with Gasteiger partial charge in [-0.05, 0) is 76.0 Å². The summed E-state index contributed by atoms with van der Waals surface area (Å²) in [7, 11) is 0. The average molecular weight is 688 g/mol. The van der Waals surface area contributed by atoms with Crippen LogP contribution in [0.2, 0.25) is 0 Å². The Labute approximate surface area is 272 Å². The zero-order valence-corrected chi connectivity index (χ0v) is 24.3. The first kappa shape index (κ1) is 32.1. The maximum atomic E-state index is 14.3. The molecule has 14 heteroatoms. The molecule has 0 fully saturated rings. The predicted octanol–water partition coefficient (Wildman–Crippen LogP) is 9.47. The molecular formula is C36H10F10N4. The number of alkyl halides is 6. The molecule has 0 unspecified atom stereocenters. The van der Waals surface area contributed by atoms with Gasteiger partial charge in [-0.3, -0.25) is 0 Å². The van der Waals surface area contributed by atoms with Crippen molar-refractivity contribution in [3.05, 3.63) is 118 Å². The monoisotopic (exact) mass is 688 g/mol. The molecule has 0 bridgehead atoms. The second-order valence-corrected chi connectivity index (χ2v) is 11.1. The van der Waals surface area contributed by atoms with E-state index in [9.17, 15) is 54.4 Å². The summed E-state index contributed by atoms with van der Waals surface area (Å²) in [5.41, 5.74) is -4.36. The van der Waals surface area contributed by atoms with Gasteiger partial charge in [0.15, 0.2) is 23.3 Å². The van der Waals surface area contributed by atoms with E-state index in [4.69, 9.17) is 0 Å². The maximum absolute atomic E-state index is 14.3. The quantitative estimate of drug-likeness (QED) is 0.134.